The smallest absolute Gasteiger partial charge is 0.280 e. The molecular weight excluding hydrogens is 356 g/mol. The molecule has 0 saturated carbocycles. The van der Waals surface area contributed by atoms with Gasteiger partial charge in [0.25, 0.3) is 5.56 Å². The number of hydrogen-bond acceptors (Lipinski definition) is 3. The van der Waals surface area contributed by atoms with Crippen molar-refractivity contribution in [2.75, 3.05) is 0 Å². The van der Waals surface area contributed by atoms with Crippen molar-refractivity contribution >= 4 is 27.8 Å². The second-order valence-electron chi connectivity index (χ2n) is 6.32. The molecule has 0 N–H and O–H groups in total. The molecule has 0 radical (unpaired) electrons. The quantitative estimate of drug-likeness (QED) is 0.451. The standard InChI is InChI=1S/C22H16N2O2S/c25-22-20-13-17-8-9-18(26-15-16-5-2-1-3-6-16)14-19(17)23(20)10-11-24(22)21-7-4-12-27-21/h1-14H,15H2. The maximum atomic E-state index is 12.9. The van der Waals surface area contributed by atoms with Gasteiger partial charge in [0.1, 0.15) is 22.9 Å². The molecule has 3 aromatic heterocycles. The second-order valence-corrected chi connectivity index (χ2v) is 7.25. The molecule has 0 saturated heterocycles. The lowest BCUT2D eigenvalue weighted by atomic mass is 10.2. The molecule has 0 aliphatic carbocycles. The highest BCUT2D eigenvalue weighted by atomic mass is 32.1. The Labute approximate surface area is 159 Å². The van der Waals surface area contributed by atoms with Crippen LogP contribution in [0.4, 0.5) is 0 Å². The Morgan fingerprint density at radius 1 is 0.889 bits per heavy atom. The molecule has 0 spiro atoms. The van der Waals surface area contributed by atoms with Crippen molar-refractivity contribution < 1.29 is 4.74 Å². The molecule has 27 heavy (non-hydrogen) atoms. The first-order valence-corrected chi connectivity index (χ1v) is 9.55. The van der Waals surface area contributed by atoms with Gasteiger partial charge in [0.05, 0.1) is 5.52 Å². The Balaban J connectivity index is 1.55. The fraction of sp³-hybridized carbons (Fsp3) is 0.0455. The number of hydrogen-bond donors (Lipinski definition) is 0. The third kappa shape index (κ3) is 2.82. The van der Waals surface area contributed by atoms with Gasteiger partial charge in [-0.1, -0.05) is 30.3 Å². The highest BCUT2D eigenvalue weighted by Crippen LogP contribution is 2.25. The minimum atomic E-state index is -0.0251. The molecule has 0 aliphatic rings. The number of rotatable bonds is 4. The van der Waals surface area contributed by atoms with E-state index in [1.165, 1.54) is 0 Å². The van der Waals surface area contributed by atoms with Crippen LogP contribution in [0.3, 0.4) is 0 Å². The molecule has 0 unspecified atom stereocenters. The molecular formula is C22H16N2O2S. The first-order chi connectivity index (χ1) is 13.3. The Morgan fingerprint density at radius 3 is 2.59 bits per heavy atom. The van der Waals surface area contributed by atoms with Gasteiger partial charge in [-0.3, -0.25) is 9.36 Å². The van der Waals surface area contributed by atoms with Crippen molar-refractivity contribution in [2.24, 2.45) is 0 Å². The molecule has 2 aromatic carbocycles. The number of aromatic nitrogens is 2. The summed E-state index contributed by atoms with van der Waals surface area (Å²) in [5.41, 5.74) is 2.71. The average Bonchev–Trinajstić information content (AvgIpc) is 3.36. The number of benzene rings is 2. The Kier molecular flexibility index (Phi) is 3.80. The third-order valence-electron chi connectivity index (χ3n) is 4.61. The zero-order valence-corrected chi connectivity index (χ0v) is 15.2. The minimum Gasteiger partial charge on any atom is -0.489 e. The van der Waals surface area contributed by atoms with E-state index in [9.17, 15) is 4.79 Å². The van der Waals surface area contributed by atoms with Crippen LogP contribution in [0.1, 0.15) is 5.56 Å². The van der Waals surface area contributed by atoms with Crippen LogP contribution in [0.25, 0.3) is 21.4 Å². The molecule has 5 aromatic rings. The fourth-order valence-corrected chi connectivity index (χ4v) is 3.97. The summed E-state index contributed by atoms with van der Waals surface area (Å²) in [6.45, 7) is 0.515. The zero-order chi connectivity index (χ0) is 18.2. The molecule has 4 nitrogen and oxygen atoms in total. The van der Waals surface area contributed by atoms with Crippen molar-refractivity contribution in [3.63, 3.8) is 0 Å². The molecule has 3 heterocycles. The van der Waals surface area contributed by atoms with Crippen LogP contribution < -0.4 is 10.3 Å². The molecule has 5 rings (SSSR count). The van der Waals surface area contributed by atoms with E-state index >= 15 is 0 Å². The van der Waals surface area contributed by atoms with Gasteiger partial charge in [0.15, 0.2) is 0 Å². The minimum absolute atomic E-state index is 0.0251. The van der Waals surface area contributed by atoms with Crippen LogP contribution in [0.15, 0.2) is 89.3 Å². The zero-order valence-electron chi connectivity index (χ0n) is 14.4. The SMILES string of the molecule is O=c1c2cc3ccc(OCc4ccccc4)cc3n2ccn1-c1cccs1. The average molecular weight is 372 g/mol. The van der Waals surface area contributed by atoms with E-state index in [0.29, 0.717) is 12.1 Å². The highest BCUT2D eigenvalue weighted by Gasteiger charge is 2.10. The summed E-state index contributed by atoms with van der Waals surface area (Å²) in [6.07, 6.45) is 3.75. The van der Waals surface area contributed by atoms with Crippen LogP contribution in [0.5, 0.6) is 5.75 Å². The first-order valence-electron chi connectivity index (χ1n) is 8.67. The van der Waals surface area contributed by atoms with E-state index in [1.807, 2.05) is 88.9 Å². The number of nitrogens with zero attached hydrogens (tertiary/aromatic N) is 2. The van der Waals surface area contributed by atoms with E-state index in [-0.39, 0.29) is 5.56 Å². The predicted octanol–water partition coefficient (Wildman–Crippen LogP) is 4.88. The third-order valence-corrected chi connectivity index (χ3v) is 5.48. The van der Waals surface area contributed by atoms with E-state index in [4.69, 9.17) is 4.74 Å². The topological polar surface area (TPSA) is 35.6 Å². The number of thiophene rings is 1. The van der Waals surface area contributed by atoms with E-state index in [2.05, 4.69) is 0 Å². The largest absolute Gasteiger partial charge is 0.489 e. The summed E-state index contributed by atoms with van der Waals surface area (Å²) in [4.78, 5) is 12.9. The van der Waals surface area contributed by atoms with Crippen LogP contribution in [-0.4, -0.2) is 8.97 Å². The lowest BCUT2D eigenvalue weighted by Gasteiger charge is -2.07. The second kappa shape index (κ2) is 6.45. The van der Waals surface area contributed by atoms with Gasteiger partial charge in [-0.2, -0.15) is 0 Å². The Morgan fingerprint density at radius 2 is 1.78 bits per heavy atom. The van der Waals surface area contributed by atoms with Crippen LogP contribution >= 0.6 is 11.3 Å². The summed E-state index contributed by atoms with van der Waals surface area (Å²) in [5, 5.41) is 3.90. The number of fused-ring (bicyclic) bond motifs is 3. The van der Waals surface area contributed by atoms with Gasteiger partial charge in [0, 0.05) is 23.8 Å². The maximum Gasteiger partial charge on any atom is 0.280 e. The summed E-state index contributed by atoms with van der Waals surface area (Å²) in [5.74, 6) is 0.786. The van der Waals surface area contributed by atoms with Crippen LogP contribution in [0, 0.1) is 0 Å². The van der Waals surface area contributed by atoms with Crippen molar-refractivity contribution in [2.45, 2.75) is 6.61 Å². The summed E-state index contributed by atoms with van der Waals surface area (Å²) < 4.78 is 9.55. The monoisotopic (exact) mass is 372 g/mol. The van der Waals surface area contributed by atoms with Gasteiger partial charge in [-0.05, 0) is 41.3 Å². The molecule has 0 amide bonds. The first kappa shape index (κ1) is 15.9. The van der Waals surface area contributed by atoms with E-state index < -0.39 is 0 Å². The Bertz CT molecular complexity index is 1280. The van der Waals surface area contributed by atoms with Crippen molar-refractivity contribution in [3.8, 4) is 10.8 Å². The fourth-order valence-electron chi connectivity index (χ4n) is 3.26. The maximum absolute atomic E-state index is 12.9. The molecule has 5 heteroatoms. The highest BCUT2D eigenvalue weighted by molar-refractivity contribution is 7.12. The van der Waals surface area contributed by atoms with Gasteiger partial charge in [-0.15, -0.1) is 11.3 Å². The van der Waals surface area contributed by atoms with Crippen LogP contribution in [-0.2, 0) is 6.61 Å². The predicted molar refractivity (Wildman–Crippen MR) is 109 cm³/mol. The molecule has 0 bridgehead atoms. The summed E-state index contributed by atoms with van der Waals surface area (Å²) in [7, 11) is 0. The van der Waals surface area contributed by atoms with Crippen molar-refractivity contribution in [1.29, 1.82) is 0 Å². The molecule has 0 atom stereocenters. The van der Waals surface area contributed by atoms with Gasteiger partial charge in [0.2, 0.25) is 0 Å². The lowest BCUT2D eigenvalue weighted by molar-refractivity contribution is 0.306. The van der Waals surface area contributed by atoms with E-state index in [0.717, 1.165) is 27.2 Å². The molecule has 0 fully saturated rings. The molecule has 132 valence electrons. The lowest BCUT2D eigenvalue weighted by Crippen LogP contribution is -2.18. The van der Waals surface area contributed by atoms with Gasteiger partial charge < -0.3 is 9.14 Å². The van der Waals surface area contributed by atoms with E-state index in [1.54, 1.807) is 15.9 Å². The summed E-state index contributed by atoms with van der Waals surface area (Å²) in [6, 6.07) is 21.8. The Hall–Kier alpha value is -3.31. The van der Waals surface area contributed by atoms with Crippen molar-refractivity contribution in [1.82, 2.24) is 8.97 Å². The molecule has 0 aliphatic heterocycles. The normalized spacial score (nSPS) is 11.3. The van der Waals surface area contributed by atoms with Gasteiger partial charge >= 0.3 is 0 Å². The van der Waals surface area contributed by atoms with Crippen molar-refractivity contribution in [3.05, 3.63) is 100 Å². The number of ether oxygens (including phenoxy) is 1. The summed E-state index contributed by atoms with van der Waals surface area (Å²) >= 11 is 1.55. The van der Waals surface area contributed by atoms with Crippen LogP contribution in [0.2, 0.25) is 0 Å². The van der Waals surface area contributed by atoms with Gasteiger partial charge in [-0.25, -0.2) is 0 Å².